The average Bonchev–Trinajstić information content (AvgIpc) is 2.90. The molecule has 0 spiro atoms. The van der Waals surface area contributed by atoms with E-state index in [0.717, 1.165) is 17.5 Å². The van der Waals surface area contributed by atoms with Crippen LogP contribution in [0.4, 0.5) is 0 Å². The van der Waals surface area contributed by atoms with E-state index in [1.54, 1.807) is 24.7 Å². The third-order valence-corrected chi connectivity index (χ3v) is 2.87. The Balaban J connectivity index is 2.52. The first-order valence-corrected chi connectivity index (χ1v) is 5.29. The minimum absolute atomic E-state index is 0.00222. The van der Waals surface area contributed by atoms with Gasteiger partial charge in [-0.2, -0.15) is 0 Å². The second kappa shape index (κ2) is 4.74. The fraction of sp³-hybridized carbons (Fsp3) is 0.154. The van der Waals surface area contributed by atoms with E-state index in [4.69, 9.17) is 0 Å². The number of H-pyrrole nitrogens is 1. The molecule has 2 aromatic rings. The Morgan fingerprint density at radius 1 is 1.29 bits per heavy atom. The van der Waals surface area contributed by atoms with Crippen LogP contribution in [0.5, 0.6) is 0 Å². The molecule has 0 aliphatic carbocycles. The van der Waals surface area contributed by atoms with Crippen LogP contribution in [-0.2, 0) is 0 Å². The van der Waals surface area contributed by atoms with Crippen molar-refractivity contribution in [2.24, 2.45) is 0 Å². The first-order valence-electron chi connectivity index (χ1n) is 5.29. The summed E-state index contributed by atoms with van der Waals surface area (Å²) in [5.41, 5.74) is 2.61. The molecular weight excluding hydrogens is 216 g/mol. The molecule has 1 aromatic carbocycles. The normalized spacial score (nSPS) is 12.1. The highest BCUT2D eigenvalue weighted by Gasteiger charge is 2.15. The summed E-state index contributed by atoms with van der Waals surface area (Å²) >= 11 is 0. The van der Waals surface area contributed by atoms with Crippen LogP contribution < -0.4 is 0 Å². The molecule has 0 saturated carbocycles. The highest BCUT2D eigenvalue weighted by atomic mass is 16.1. The fourth-order valence-corrected chi connectivity index (χ4v) is 1.89. The fourth-order valence-electron chi connectivity index (χ4n) is 1.89. The predicted octanol–water partition coefficient (Wildman–Crippen LogP) is 2.19. The molecule has 1 N–H and O–H groups in total. The SMILES string of the molecule is C[C@H](c1cnc[nH]1)c1cccc(C=O)c1C=O. The summed E-state index contributed by atoms with van der Waals surface area (Å²) in [4.78, 5) is 28.9. The van der Waals surface area contributed by atoms with Gasteiger partial charge in [-0.1, -0.05) is 25.1 Å². The van der Waals surface area contributed by atoms with E-state index in [0.29, 0.717) is 17.4 Å². The van der Waals surface area contributed by atoms with Crippen molar-refractivity contribution in [3.8, 4) is 0 Å². The van der Waals surface area contributed by atoms with Gasteiger partial charge in [0, 0.05) is 28.9 Å². The number of aromatic nitrogens is 2. The quantitative estimate of drug-likeness (QED) is 0.816. The molecule has 1 heterocycles. The van der Waals surface area contributed by atoms with Gasteiger partial charge in [0.1, 0.15) is 0 Å². The number of nitrogens with zero attached hydrogens (tertiary/aromatic N) is 1. The first-order chi connectivity index (χ1) is 8.27. The number of imidazole rings is 1. The second-order valence-electron chi connectivity index (χ2n) is 3.81. The number of carbonyl (C=O) groups excluding carboxylic acids is 2. The van der Waals surface area contributed by atoms with Gasteiger partial charge in [-0.15, -0.1) is 0 Å². The molecule has 0 saturated heterocycles. The summed E-state index contributed by atoms with van der Waals surface area (Å²) in [5, 5.41) is 0. The molecule has 0 aliphatic heterocycles. The largest absolute Gasteiger partial charge is 0.348 e. The molecule has 0 radical (unpaired) electrons. The molecule has 0 fully saturated rings. The lowest BCUT2D eigenvalue weighted by atomic mass is 9.91. The molecule has 1 aromatic heterocycles. The Labute approximate surface area is 98.7 Å². The smallest absolute Gasteiger partial charge is 0.151 e. The molecule has 0 bridgehead atoms. The summed E-state index contributed by atoms with van der Waals surface area (Å²) in [5.74, 6) is -0.00222. The van der Waals surface area contributed by atoms with Crippen molar-refractivity contribution >= 4 is 12.6 Å². The van der Waals surface area contributed by atoms with Gasteiger partial charge in [0.25, 0.3) is 0 Å². The van der Waals surface area contributed by atoms with Crippen LogP contribution in [0.3, 0.4) is 0 Å². The van der Waals surface area contributed by atoms with Crippen molar-refractivity contribution in [3.63, 3.8) is 0 Å². The molecule has 86 valence electrons. The molecule has 4 nitrogen and oxygen atoms in total. The predicted molar refractivity (Wildman–Crippen MR) is 63.3 cm³/mol. The van der Waals surface area contributed by atoms with Crippen LogP contribution in [0.15, 0.2) is 30.7 Å². The van der Waals surface area contributed by atoms with Gasteiger partial charge >= 0.3 is 0 Å². The van der Waals surface area contributed by atoms with Crippen LogP contribution in [-0.4, -0.2) is 22.5 Å². The summed E-state index contributed by atoms with van der Waals surface area (Å²) in [6, 6.07) is 5.26. The van der Waals surface area contributed by atoms with Crippen molar-refractivity contribution in [1.82, 2.24) is 9.97 Å². The minimum Gasteiger partial charge on any atom is -0.348 e. The Kier molecular flexibility index (Phi) is 3.14. The Morgan fingerprint density at radius 2 is 2.12 bits per heavy atom. The van der Waals surface area contributed by atoms with E-state index in [1.165, 1.54) is 0 Å². The van der Waals surface area contributed by atoms with Crippen molar-refractivity contribution in [2.45, 2.75) is 12.8 Å². The summed E-state index contributed by atoms with van der Waals surface area (Å²) in [6.45, 7) is 1.96. The molecule has 1 atom stereocenters. The van der Waals surface area contributed by atoms with Crippen LogP contribution in [0.2, 0.25) is 0 Å². The number of nitrogens with one attached hydrogen (secondary N) is 1. The number of hydrogen-bond donors (Lipinski definition) is 1. The van der Waals surface area contributed by atoms with E-state index in [2.05, 4.69) is 9.97 Å². The standard InChI is InChI=1S/C13H12N2O2/c1-9(13-5-14-8-15-13)11-4-2-3-10(6-16)12(11)7-17/h2-9H,1H3,(H,14,15)/t9-/m0/s1. The average molecular weight is 228 g/mol. The molecule has 2 rings (SSSR count). The first kappa shape index (κ1) is 11.3. The zero-order valence-electron chi connectivity index (χ0n) is 9.38. The van der Waals surface area contributed by atoms with Crippen LogP contribution in [0.25, 0.3) is 0 Å². The molecule has 0 unspecified atom stereocenters. The number of benzene rings is 1. The van der Waals surface area contributed by atoms with E-state index >= 15 is 0 Å². The maximum absolute atomic E-state index is 11.1. The van der Waals surface area contributed by atoms with Gasteiger partial charge < -0.3 is 4.98 Å². The van der Waals surface area contributed by atoms with Crippen LogP contribution in [0, 0.1) is 0 Å². The van der Waals surface area contributed by atoms with Crippen LogP contribution >= 0.6 is 0 Å². The zero-order valence-corrected chi connectivity index (χ0v) is 9.38. The highest BCUT2D eigenvalue weighted by Crippen LogP contribution is 2.25. The van der Waals surface area contributed by atoms with E-state index in [9.17, 15) is 9.59 Å². The van der Waals surface area contributed by atoms with Crippen molar-refractivity contribution in [1.29, 1.82) is 0 Å². The highest BCUT2D eigenvalue weighted by molar-refractivity contribution is 5.92. The van der Waals surface area contributed by atoms with Gasteiger partial charge in [-0.25, -0.2) is 4.98 Å². The Hall–Kier alpha value is -2.23. The maximum atomic E-state index is 11.1. The molecule has 0 aliphatic rings. The lowest BCUT2D eigenvalue weighted by Crippen LogP contribution is -2.04. The molecular formula is C13H12N2O2. The molecule has 0 amide bonds. The number of hydrogen-bond acceptors (Lipinski definition) is 3. The lowest BCUT2D eigenvalue weighted by molar-refractivity contribution is 0.109. The third-order valence-electron chi connectivity index (χ3n) is 2.87. The summed E-state index contributed by atoms with van der Waals surface area (Å²) in [6.07, 6.45) is 4.74. The summed E-state index contributed by atoms with van der Waals surface area (Å²) < 4.78 is 0. The van der Waals surface area contributed by atoms with Gasteiger partial charge in [0.05, 0.1) is 6.33 Å². The van der Waals surface area contributed by atoms with E-state index < -0.39 is 0 Å². The number of aldehydes is 2. The molecule has 4 heteroatoms. The monoisotopic (exact) mass is 228 g/mol. The van der Waals surface area contributed by atoms with Gasteiger partial charge in [0.15, 0.2) is 12.6 Å². The van der Waals surface area contributed by atoms with Crippen molar-refractivity contribution in [3.05, 3.63) is 53.1 Å². The van der Waals surface area contributed by atoms with Gasteiger partial charge in [0.2, 0.25) is 0 Å². The van der Waals surface area contributed by atoms with E-state index in [-0.39, 0.29) is 5.92 Å². The molecule has 17 heavy (non-hydrogen) atoms. The Bertz CT molecular complexity index is 532. The Morgan fingerprint density at radius 3 is 2.71 bits per heavy atom. The number of rotatable bonds is 4. The maximum Gasteiger partial charge on any atom is 0.151 e. The number of aromatic amines is 1. The van der Waals surface area contributed by atoms with Crippen molar-refractivity contribution in [2.75, 3.05) is 0 Å². The second-order valence-corrected chi connectivity index (χ2v) is 3.81. The van der Waals surface area contributed by atoms with E-state index in [1.807, 2.05) is 13.0 Å². The van der Waals surface area contributed by atoms with Crippen LogP contribution in [0.1, 0.15) is 44.8 Å². The lowest BCUT2D eigenvalue weighted by Gasteiger charge is -2.13. The van der Waals surface area contributed by atoms with Gasteiger partial charge in [-0.05, 0) is 5.56 Å². The number of carbonyl (C=O) groups is 2. The van der Waals surface area contributed by atoms with Crippen molar-refractivity contribution < 1.29 is 9.59 Å². The van der Waals surface area contributed by atoms with Gasteiger partial charge in [-0.3, -0.25) is 9.59 Å². The minimum atomic E-state index is -0.00222. The zero-order chi connectivity index (χ0) is 12.3. The summed E-state index contributed by atoms with van der Waals surface area (Å²) in [7, 11) is 0. The topological polar surface area (TPSA) is 62.8 Å². The third kappa shape index (κ3) is 2.01.